The largest absolute Gasteiger partial charge is 0.342 e. The molecule has 0 radical (unpaired) electrons. The Kier molecular flexibility index (Phi) is 6.05. The summed E-state index contributed by atoms with van der Waals surface area (Å²) in [7, 11) is 0. The van der Waals surface area contributed by atoms with Gasteiger partial charge < -0.3 is 15.1 Å². The maximum atomic E-state index is 13.0. The Morgan fingerprint density at radius 1 is 1.00 bits per heavy atom. The Hall–Kier alpha value is -2.52. The van der Waals surface area contributed by atoms with Gasteiger partial charge in [-0.05, 0) is 37.1 Å². The predicted molar refractivity (Wildman–Crippen MR) is 110 cm³/mol. The molecule has 9 heteroatoms. The topological polar surface area (TPSA) is 68.8 Å². The summed E-state index contributed by atoms with van der Waals surface area (Å²) in [6.45, 7) is 4.73. The number of thiazole rings is 1. The van der Waals surface area contributed by atoms with Gasteiger partial charge in [-0.15, -0.1) is 11.3 Å². The third-order valence-electron chi connectivity index (χ3n) is 5.30. The number of amides is 2. The molecular formula is C20H24FN5O2S. The quantitative estimate of drug-likeness (QED) is 0.809. The molecule has 2 aliphatic rings. The normalized spacial score (nSPS) is 17.6. The first-order valence-electron chi connectivity index (χ1n) is 9.86. The fourth-order valence-electron chi connectivity index (χ4n) is 3.61. The molecule has 29 heavy (non-hydrogen) atoms. The summed E-state index contributed by atoms with van der Waals surface area (Å²) in [5.41, 5.74) is 1.12. The van der Waals surface area contributed by atoms with Gasteiger partial charge in [0.2, 0.25) is 5.91 Å². The lowest BCUT2D eigenvalue weighted by molar-refractivity contribution is -0.131. The van der Waals surface area contributed by atoms with Crippen LogP contribution in [0, 0.1) is 5.82 Å². The van der Waals surface area contributed by atoms with E-state index in [0.29, 0.717) is 43.5 Å². The highest BCUT2D eigenvalue weighted by molar-refractivity contribution is 7.14. The smallest absolute Gasteiger partial charge is 0.273 e. The van der Waals surface area contributed by atoms with Gasteiger partial charge >= 0.3 is 0 Å². The molecule has 2 amide bonds. The number of hydrogen-bond acceptors (Lipinski definition) is 6. The lowest BCUT2D eigenvalue weighted by atomic mass is 10.3. The molecule has 3 heterocycles. The number of anilines is 2. The van der Waals surface area contributed by atoms with Crippen molar-refractivity contribution in [1.82, 2.24) is 19.7 Å². The van der Waals surface area contributed by atoms with Gasteiger partial charge in [0.15, 0.2) is 5.13 Å². The van der Waals surface area contributed by atoms with Gasteiger partial charge in [0, 0.05) is 50.3 Å². The molecule has 2 aliphatic heterocycles. The number of aromatic nitrogens is 1. The molecule has 0 saturated carbocycles. The molecule has 154 valence electrons. The van der Waals surface area contributed by atoms with E-state index in [0.717, 1.165) is 31.6 Å². The first kappa shape index (κ1) is 19.8. The number of rotatable bonds is 5. The van der Waals surface area contributed by atoms with Crippen LogP contribution in [0.15, 0.2) is 29.6 Å². The summed E-state index contributed by atoms with van der Waals surface area (Å²) < 4.78 is 13.0. The minimum Gasteiger partial charge on any atom is -0.342 e. The number of likely N-dealkylation sites (tertiary alicyclic amines) is 1. The maximum absolute atomic E-state index is 13.0. The van der Waals surface area contributed by atoms with Crippen molar-refractivity contribution in [2.75, 3.05) is 51.1 Å². The zero-order chi connectivity index (χ0) is 20.2. The minimum absolute atomic E-state index is 0.0982. The average Bonchev–Trinajstić information content (AvgIpc) is 3.42. The van der Waals surface area contributed by atoms with Crippen LogP contribution >= 0.6 is 11.3 Å². The van der Waals surface area contributed by atoms with E-state index < -0.39 is 0 Å². The SMILES string of the molecule is O=C(CN1CCN(C(=O)c2csc(Nc3ccc(F)cc3)n2)CC1)N1CCCC1. The third kappa shape index (κ3) is 4.91. The fraction of sp³-hybridized carbons (Fsp3) is 0.450. The zero-order valence-corrected chi connectivity index (χ0v) is 17.0. The summed E-state index contributed by atoms with van der Waals surface area (Å²) in [5.74, 6) is -0.205. The second kappa shape index (κ2) is 8.87. The van der Waals surface area contributed by atoms with Crippen LogP contribution in [-0.4, -0.2) is 77.3 Å². The second-order valence-corrected chi connectivity index (χ2v) is 8.18. The number of benzene rings is 1. The average molecular weight is 418 g/mol. The van der Waals surface area contributed by atoms with Crippen molar-refractivity contribution in [3.63, 3.8) is 0 Å². The first-order valence-corrected chi connectivity index (χ1v) is 10.7. The van der Waals surface area contributed by atoms with Crippen molar-refractivity contribution >= 4 is 34.0 Å². The van der Waals surface area contributed by atoms with Crippen LogP contribution in [0.3, 0.4) is 0 Å². The molecule has 2 fully saturated rings. The lowest BCUT2D eigenvalue weighted by Gasteiger charge is -2.34. The molecule has 0 spiro atoms. The number of piperazine rings is 1. The Bertz CT molecular complexity index is 858. The van der Waals surface area contributed by atoms with Gasteiger partial charge in [-0.2, -0.15) is 0 Å². The highest BCUT2D eigenvalue weighted by Crippen LogP contribution is 2.22. The lowest BCUT2D eigenvalue weighted by Crippen LogP contribution is -2.51. The van der Waals surface area contributed by atoms with Gasteiger partial charge in [-0.1, -0.05) is 0 Å². The molecule has 2 saturated heterocycles. The van der Waals surface area contributed by atoms with E-state index in [1.165, 1.54) is 23.5 Å². The summed E-state index contributed by atoms with van der Waals surface area (Å²) in [6, 6.07) is 5.99. The Labute approximate surface area is 173 Å². The Morgan fingerprint density at radius 2 is 1.69 bits per heavy atom. The van der Waals surface area contributed by atoms with E-state index >= 15 is 0 Å². The number of halogens is 1. The van der Waals surface area contributed by atoms with Crippen molar-refractivity contribution in [2.45, 2.75) is 12.8 Å². The number of carbonyl (C=O) groups is 2. The summed E-state index contributed by atoms with van der Waals surface area (Å²) in [5, 5.41) is 5.41. The molecule has 0 aliphatic carbocycles. The molecule has 7 nitrogen and oxygen atoms in total. The van der Waals surface area contributed by atoms with Crippen molar-refractivity contribution in [2.24, 2.45) is 0 Å². The van der Waals surface area contributed by atoms with E-state index in [2.05, 4.69) is 15.2 Å². The van der Waals surface area contributed by atoms with E-state index in [4.69, 9.17) is 0 Å². The monoisotopic (exact) mass is 417 g/mol. The standard InChI is InChI=1S/C20H24FN5O2S/c21-15-3-5-16(6-4-15)22-20-23-17(14-29-20)19(28)26-11-9-24(10-12-26)13-18(27)25-7-1-2-8-25/h3-6,14H,1-2,7-13H2,(H,22,23). The van der Waals surface area contributed by atoms with Crippen LogP contribution in [0.4, 0.5) is 15.2 Å². The number of hydrogen-bond donors (Lipinski definition) is 1. The van der Waals surface area contributed by atoms with Crippen LogP contribution in [0.5, 0.6) is 0 Å². The Morgan fingerprint density at radius 3 is 2.38 bits per heavy atom. The van der Waals surface area contributed by atoms with Crippen LogP contribution in [0.2, 0.25) is 0 Å². The van der Waals surface area contributed by atoms with Gasteiger partial charge in [0.05, 0.1) is 6.54 Å². The molecule has 2 aromatic rings. The van der Waals surface area contributed by atoms with E-state index in [1.807, 2.05) is 4.90 Å². The molecule has 0 unspecified atom stereocenters. The molecule has 4 rings (SSSR count). The van der Waals surface area contributed by atoms with Crippen molar-refractivity contribution in [1.29, 1.82) is 0 Å². The van der Waals surface area contributed by atoms with Gasteiger partial charge in [-0.25, -0.2) is 9.37 Å². The van der Waals surface area contributed by atoms with Crippen LogP contribution in [0.1, 0.15) is 23.3 Å². The number of nitrogens with zero attached hydrogens (tertiary/aromatic N) is 4. The van der Waals surface area contributed by atoms with Gasteiger partial charge in [-0.3, -0.25) is 14.5 Å². The number of nitrogens with one attached hydrogen (secondary N) is 1. The van der Waals surface area contributed by atoms with Crippen LogP contribution in [0.25, 0.3) is 0 Å². The number of carbonyl (C=O) groups excluding carboxylic acids is 2. The molecular weight excluding hydrogens is 393 g/mol. The summed E-state index contributed by atoms with van der Waals surface area (Å²) in [6.07, 6.45) is 2.19. The van der Waals surface area contributed by atoms with Gasteiger partial charge in [0.1, 0.15) is 11.5 Å². The first-order chi connectivity index (χ1) is 14.1. The van der Waals surface area contributed by atoms with Gasteiger partial charge in [0.25, 0.3) is 5.91 Å². The van der Waals surface area contributed by atoms with E-state index in [1.54, 1.807) is 22.4 Å². The summed E-state index contributed by atoms with van der Waals surface area (Å²) in [4.78, 5) is 35.2. The fourth-order valence-corrected chi connectivity index (χ4v) is 4.32. The van der Waals surface area contributed by atoms with E-state index in [9.17, 15) is 14.0 Å². The minimum atomic E-state index is -0.299. The molecule has 1 aromatic heterocycles. The Balaban J connectivity index is 1.27. The van der Waals surface area contributed by atoms with Crippen molar-refractivity contribution in [3.05, 3.63) is 41.2 Å². The third-order valence-corrected chi connectivity index (χ3v) is 6.05. The van der Waals surface area contributed by atoms with E-state index in [-0.39, 0.29) is 17.6 Å². The van der Waals surface area contributed by atoms with Crippen molar-refractivity contribution in [3.8, 4) is 0 Å². The molecule has 0 atom stereocenters. The highest BCUT2D eigenvalue weighted by atomic mass is 32.1. The molecule has 1 aromatic carbocycles. The zero-order valence-electron chi connectivity index (χ0n) is 16.1. The predicted octanol–water partition coefficient (Wildman–Crippen LogP) is 2.41. The highest BCUT2D eigenvalue weighted by Gasteiger charge is 2.26. The molecule has 1 N–H and O–H groups in total. The van der Waals surface area contributed by atoms with Crippen LogP contribution < -0.4 is 5.32 Å². The van der Waals surface area contributed by atoms with Crippen LogP contribution in [-0.2, 0) is 4.79 Å². The molecule has 0 bridgehead atoms. The second-order valence-electron chi connectivity index (χ2n) is 7.33. The van der Waals surface area contributed by atoms with Crippen molar-refractivity contribution < 1.29 is 14.0 Å². The maximum Gasteiger partial charge on any atom is 0.273 e. The summed E-state index contributed by atoms with van der Waals surface area (Å²) >= 11 is 1.34.